The highest BCUT2D eigenvalue weighted by molar-refractivity contribution is 6.76. The molecule has 1 N–H and O–H groups in total. The Morgan fingerprint density at radius 3 is 2.07 bits per heavy atom. The van der Waals surface area contributed by atoms with Crippen LogP contribution in [0.4, 0.5) is 0 Å². The van der Waals surface area contributed by atoms with Crippen molar-refractivity contribution < 1.29 is 5.11 Å². The van der Waals surface area contributed by atoms with Crippen LogP contribution in [0.2, 0.25) is 19.6 Å². The normalized spacial score (nSPS) is 23.0. The van der Waals surface area contributed by atoms with Crippen LogP contribution in [0, 0.1) is 5.41 Å². The molecule has 0 aromatic heterocycles. The number of nitrogens with zero attached hydrogens (tertiary/aromatic N) is 1. The lowest BCUT2D eigenvalue weighted by atomic mass is 9.77. The number of aliphatic hydroxyl groups is 1. The van der Waals surface area contributed by atoms with Crippen molar-refractivity contribution in [3.8, 4) is 0 Å². The standard InChI is InChI=1S/C12H27NOSi/c1-5-12(10-14)6-8-13(9-7-12)11-15(2,3)4/h14H,5-11H2,1-4H3. The van der Waals surface area contributed by atoms with Crippen LogP contribution in [0.1, 0.15) is 26.2 Å². The second-order valence-electron chi connectivity index (χ2n) is 6.35. The lowest BCUT2D eigenvalue weighted by Gasteiger charge is -2.41. The molecule has 1 fully saturated rings. The van der Waals surface area contributed by atoms with Crippen LogP contribution in [-0.2, 0) is 0 Å². The van der Waals surface area contributed by atoms with E-state index in [2.05, 4.69) is 31.5 Å². The molecule has 0 saturated carbocycles. The van der Waals surface area contributed by atoms with Crippen LogP contribution in [0.25, 0.3) is 0 Å². The summed E-state index contributed by atoms with van der Waals surface area (Å²) in [6.07, 6.45) is 4.82. The first-order valence-electron chi connectivity index (χ1n) is 6.24. The lowest BCUT2D eigenvalue weighted by molar-refractivity contribution is 0.0465. The summed E-state index contributed by atoms with van der Waals surface area (Å²) in [5.41, 5.74) is 0.246. The third-order valence-electron chi connectivity index (χ3n) is 3.70. The van der Waals surface area contributed by atoms with E-state index in [-0.39, 0.29) is 5.41 Å². The highest BCUT2D eigenvalue weighted by atomic mass is 28.3. The van der Waals surface area contributed by atoms with Gasteiger partial charge < -0.3 is 10.0 Å². The van der Waals surface area contributed by atoms with Crippen LogP contribution in [-0.4, -0.2) is 43.9 Å². The fourth-order valence-corrected chi connectivity index (χ4v) is 4.14. The van der Waals surface area contributed by atoms with E-state index in [9.17, 15) is 5.11 Å². The molecule has 90 valence electrons. The van der Waals surface area contributed by atoms with Crippen molar-refractivity contribution >= 4 is 8.07 Å². The lowest BCUT2D eigenvalue weighted by Crippen LogP contribution is -2.47. The van der Waals surface area contributed by atoms with E-state index in [0.717, 1.165) is 6.42 Å². The van der Waals surface area contributed by atoms with Crippen LogP contribution >= 0.6 is 0 Å². The van der Waals surface area contributed by atoms with Crippen LogP contribution in [0.3, 0.4) is 0 Å². The Hall–Kier alpha value is 0.137. The molecule has 1 saturated heterocycles. The van der Waals surface area contributed by atoms with E-state index in [1.54, 1.807) is 0 Å². The summed E-state index contributed by atoms with van der Waals surface area (Å²) >= 11 is 0. The Balaban J connectivity index is 2.42. The number of hydrogen-bond acceptors (Lipinski definition) is 2. The Morgan fingerprint density at radius 1 is 1.20 bits per heavy atom. The van der Waals surface area contributed by atoms with Gasteiger partial charge in [0.15, 0.2) is 0 Å². The molecule has 2 nitrogen and oxygen atoms in total. The van der Waals surface area contributed by atoms with Crippen LogP contribution in [0.15, 0.2) is 0 Å². The van der Waals surface area contributed by atoms with E-state index in [1.807, 2.05) is 0 Å². The Bertz CT molecular complexity index is 186. The average molecular weight is 229 g/mol. The summed E-state index contributed by atoms with van der Waals surface area (Å²) in [6, 6.07) is 0. The molecule has 3 heteroatoms. The monoisotopic (exact) mass is 229 g/mol. The minimum absolute atomic E-state index is 0.246. The third-order valence-corrected chi connectivity index (χ3v) is 5.10. The van der Waals surface area contributed by atoms with Crippen molar-refractivity contribution in [1.82, 2.24) is 4.90 Å². The van der Waals surface area contributed by atoms with Crippen molar-refractivity contribution in [2.45, 2.75) is 45.8 Å². The first-order chi connectivity index (χ1) is 6.91. The molecule has 0 bridgehead atoms. The van der Waals surface area contributed by atoms with Gasteiger partial charge in [-0.3, -0.25) is 0 Å². The molecular weight excluding hydrogens is 202 g/mol. The Morgan fingerprint density at radius 2 is 1.73 bits per heavy atom. The Kier molecular flexibility index (Phi) is 4.38. The van der Waals surface area contributed by atoms with Gasteiger partial charge in [0.1, 0.15) is 0 Å². The minimum Gasteiger partial charge on any atom is -0.396 e. The van der Waals surface area contributed by atoms with Crippen molar-refractivity contribution in [3.63, 3.8) is 0 Å². The number of likely N-dealkylation sites (tertiary alicyclic amines) is 1. The zero-order valence-corrected chi connectivity index (χ0v) is 11.8. The molecule has 1 aliphatic rings. The van der Waals surface area contributed by atoms with Crippen molar-refractivity contribution in [2.24, 2.45) is 5.41 Å². The molecule has 1 aliphatic heterocycles. The molecule has 0 unspecified atom stereocenters. The van der Waals surface area contributed by atoms with Gasteiger partial charge in [-0.2, -0.15) is 0 Å². The van der Waals surface area contributed by atoms with Gasteiger partial charge in [-0.05, 0) is 43.9 Å². The quantitative estimate of drug-likeness (QED) is 0.748. The fourth-order valence-electron chi connectivity index (χ4n) is 2.48. The second-order valence-corrected chi connectivity index (χ2v) is 11.8. The molecular formula is C12H27NOSi. The van der Waals surface area contributed by atoms with Crippen molar-refractivity contribution in [2.75, 3.05) is 25.9 Å². The highest BCUT2D eigenvalue weighted by Gasteiger charge is 2.33. The summed E-state index contributed by atoms with van der Waals surface area (Å²) < 4.78 is 0. The molecule has 0 amide bonds. The van der Waals surface area contributed by atoms with Gasteiger partial charge >= 0.3 is 0 Å². The average Bonchev–Trinajstić information content (AvgIpc) is 2.17. The summed E-state index contributed by atoms with van der Waals surface area (Å²) in [5.74, 6) is 0. The van der Waals surface area contributed by atoms with Gasteiger partial charge in [-0.1, -0.05) is 26.6 Å². The predicted octanol–water partition coefficient (Wildman–Crippen LogP) is 2.35. The topological polar surface area (TPSA) is 23.5 Å². The maximum Gasteiger partial charge on any atom is 0.0599 e. The van der Waals surface area contributed by atoms with Gasteiger partial charge in [0.05, 0.1) is 8.07 Å². The minimum atomic E-state index is -0.948. The van der Waals surface area contributed by atoms with Gasteiger partial charge in [0, 0.05) is 6.61 Å². The molecule has 0 atom stereocenters. The molecule has 0 radical (unpaired) electrons. The van der Waals surface area contributed by atoms with E-state index >= 15 is 0 Å². The zero-order valence-electron chi connectivity index (χ0n) is 10.8. The number of rotatable bonds is 4. The second kappa shape index (κ2) is 4.98. The Labute approximate surface area is 95.7 Å². The van der Waals surface area contributed by atoms with Gasteiger partial charge in [0.25, 0.3) is 0 Å². The van der Waals surface area contributed by atoms with Gasteiger partial charge in [-0.15, -0.1) is 0 Å². The van der Waals surface area contributed by atoms with Gasteiger partial charge in [-0.25, -0.2) is 0 Å². The molecule has 1 heterocycles. The highest BCUT2D eigenvalue weighted by Crippen LogP contribution is 2.34. The van der Waals surface area contributed by atoms with Crippen molar-refractivity contribution in [1.29, 1.82) is 0 Å². The molecule has 15 heavy (non-hydrogen) atoms. The first kappa shape index (κ1) is 13.2. The van der Waals surface area contributed by atoms with E-state index in [4.69, 9.17) is 0 Å². The summed E-state index contributed by atoms with van der Waals surface area (Å²) in [7, 11) is -0.948. The predicted molar refractivity (Wildman–Crippen MR) is 68.8 cm³/mol. The SMILES string of the molecule is CCC1(CO)CCN(C[Si](C)(C)C)CC1. The summed E-state index contributed by atoms with van der Waals surface area (Å²) in [5, 5.41) is 9.45. The largest absolute Gasteiger partial charge is 0.396 e. The van der Waals surface area contributed by atoms with Crippen molar-refractivity contribution in [3.05, 3.63) is 0 Å². The molecule has 1 rings (SSSR count). The first-order valence-corrected chi connectivity index (χ1v) is 9.95. The number of hydrogen-bond donors (Lipinski definition) is 1. The smallest absolute Gasteiger partial charge is 0.0599 e. The summed E-state index contributed by atoms with van der Waals surface area (Å²) in [6.45, 7) is 12.3. The van der Waals surface area contributed by atoms with Crippen LogP contribution < -0.4 is 0 Å². The van der Waals surface area contributed by atoms with E-state index < -0.39 is 8.07 Å². The molecule has 0 spiro atoms. The number of piperidine rings is 1. The fraction of sp³-hybridized carbons (Fsp3) is 1.00. The molecule has 0 aromatic carbocycles. The van der Waals surface area contributed by atoms with E-state index in [1.165, 1.54) is 32.1 Å². The maximum atomic E-state index is 9.45. The third kappa shape index (κ3) is 3.89. The molecule has 0 aromatic rings. The number of aliphatic hydroxyl groups excluding tert-OH is 1. The maximum absolute atomic E-state index is 9.45. The van der Waals surface area contributed by atoms with E-state index in [0.29, 0.717) is 6.61 Å². The zero-order chi connectivity index (χ0) is 11.5. The van der Waals surface area contributed by atoms with Crippen LogP contribution in [0.5, 0.6) is 0 Å². The molecule has 0 aliphatic carbocycles. The summed E-state index contributed by atoms with van der Waals surface area (Å²) in [4.78, 5) is 2.61. The van der Waals surface area contributed by atoms with Gasteiger partial charge in [0.2, 0.25) is 0 Å².